The van der Waals surface area contributed by atoms with Crippen molar-refractivity contribution in [3.63, 3.8) is 0 Å². The first kappa shape index (κ1) is 21.1. The number of benzene rings is 2. The number of hydrogen-bond donors (Lipinski definition) is 0. The minimum Gasteiger partial charge on any atom is -0.444 e. The molecule has 0 unspecified atom stereocenters. The molecular formula is C23H28F2N2O2. The average Bonchev–Trinajstić information content (AvgIpc) is 2.68. The van der Waals surface area contributed by atoms with E-state index >= 15 is 0 Å². The Hall–Kier alpha value is -2.63. The Bertz CT molecular complexity index is 829. The Balaban J connectivity index is 1.72. The van der Waals surface area contributed by atoms with Gasteiger partial charge in [0.2, 0.25) is 0 Å². The smallest absolute Gasteiger partial charge is 0.410 e. The number of amides is 1. The lowest BCUT2D eigenvalue weighted by atomic mass is 10.0. The first-order valence-electron chi connectivity index (χ1n) is 9.96. The number of para-hydroxylation sites is 1. The van der Waals surface area contributed by atoms with E-state index in [-0.39, 0.29) is 12.1 Å². The number of rotatable bonds is 4. The van der Waals surface area contributed by atoms with E-state index in [0.29, 0.717) is 25.2 Å². The van der Waals surface area contributed by atoms with Crippen LogP contribution in [-0.4, -0.2) is 35.7 Å². The maximum atomic E-state index is 13.7. The number of piperidine rings is 1. The molecule has 1 amide bonds. The highest BCUT2D eigenvalue weighted by atomic mass is 19.2. The normalized spacial score (nSPS) is 15.3. The Morgan fingerprint density at radius 1 is 1.07 bits per heavy atom. The summed E-state index contributed by atoms with van der Waals surface area (Å²) in [6, 6.07) is 14.1. The van der Waals surface area contributed by atoms with Crippen molar-refractivity contribution in [1.29, 1.82) is 0 Å². The molecule has 1 aliphatic rings. The van der Waals surface area contributed by atoms with Crippen molar-refractivity contribution in [1.82, 2.24) is 4.90 Å². The summed E-state index contributed by atoms with van der Waals surface area (Å²) in [5.74, 6) is -1.68. The molecule has 0 bridgehead atoms. The van der Waals surface area contributed by atoms with Crippen LogP contribution < -0.4 is 4.90 Å². The van der Waals surface area contributed by atoms with Gasteiger partial charge in [0.05, 0.1) is 0 Å². The summed E-state index contributed by atoms with van der Waals surface area (Å²) in [7, 11) is 0. The molecule has 1 saturated heterocycles. The van der Waals surface area contributed by atoms with Crippen LogP contribution >= 0.6 is 0 Å². The fraction of sp³-hybridized carbons (Fsp3) is 0.435. The second-order valence-corrected chi connectivity index (χ2v) is 8.41. The summed E-state index contributed by atoms with van der Waals surface area (Å²) in [6.45, 7) is 7.24. The van der Waals surface area contributed by atoms with Crippen molar-refractivity contribution >= 4 is 11.8 Å². The molecule has 0 N–H and O–H groups in total. The van der Waals surface area contributed by atoms with Crippen LogP contribution in [0.25, 0.3) is 0 Å². The standard InChI is InChI=1S/C23H28F2N2O2/c1-23(2,3)29-22(28)26-13-11-19(12-14-26)27(18-7-5-4-6-8-18)16-17-9-10-20(24)21(25)15-17/h4-10,15,19H,11-14,16H2,1-3H3. The van der Waals surface area contributed by atoms with Crippen molar-refractivity contribution in [2.75, 3.05) is 18.0 Å². The zero-order valence-electron chi connectivity index (χ0n) is 17.2. The second kappa shape index (κ2) is 8.80. The summed E-state index contributed by atoms with van der Waals surface area (Å²) < 4.78 is 32.5. The highest BCUT2D eigenvalue weighted by molar-refractivity contribution is 5.68. The fourth-order valence-electron chi connectivity index (χ4n) is 3.57. The molecule has 1 aliphatic heterocycles. The van der Waals surface area contributed by atoms with Crippen LogP contribution in [0, 0.1) is 11.6 Å². The predicted molar refractivity (Wildman–Crippen MR) is 110 cm³/mol. The van der Waals surface area contributed by atoms with Gasteiger partial charge in [-0.3, -0.25) is 0 Å². The van der Waals surface area contributed by atoms with E-state index in [4.69, 9.17) is 4.74 Å². The number of likely N-dealkylation sites (tertiary alicyclic amines) is 1. The van der Waals surface area contributed by atoms with Crippen LogP contribution in [0.5, 0.6) is 0 Å². The molecule has 0 aromatic heterocycles. The van der Waals surface area contributed by atoms with Crippen molar-refractivity contribution in [3.05, 3.63) is 65.7 Å². The van der Waals surface area contributed by atoms with Gasteiger partial charge in [-0.2, -0.15) is 0 Å². The lowest BCUT2D eigenvalue weighted by Gasteiger charge is -2.40. The van der Waals surface area contributed by atoms with Gasteiger partial charge in [-0.15, -0.1) is 0 Å². The van der Waals surface area contributed by atoms with Crippen LogP contribution in [0.15, 0.2) is 48.5 Å². The molecule has 0 atom stereocenters. The van der Waals surface area contributed by atoms with Crippen LogP contribution in [0.2, 0.25) is 0 Å². The van der Waals surface area contributed by atoms with Gasteiger partial charge in [-0.05, 0) is 63.4 Å². The molecule has 3 rings (SSSR count). The lowest BCUT2D eigenvalue weighted by Crippen LogP contribution is -2.48. The fourth-order valence-corrected chi connectivity index (χ4v) is 3.57. The Kier molecular flexibility index (Phi) is 6.40. The van der Waals surface area contributed by atoms with E-state index in [1.165, 1.54) is 12.1 Å². The zero-order chi connectivity index (χ0) is 21.0. The largest absolute Gasteiger partial charge is 0.444 e. The molecule has 2 aromatic rings. The molecule has 0 spiro atoms. The van der Waals surface area contributed by atoms with Crippen molar-refractivity contribution in [3.8, 4) is 0 Å². The van der Waals surface area contributed by atoms with Crippen LogP contribution in [0.1, 0.15) is 39.2 Å². The SMILES string of the molecule is CC(C)(C)OC(=O)N1CCC(N(Cc2ccc(F)c(F)c2)c2ccccc2)CC1. The maximum absolute atomic E-state index is 13.7. The minimum absolute atomic E-state index is 0.184. The number of carbonyl (C=O) groups is 1. The first-order valence-corrected chi connectivity index (χ1v) is 9.96. The Morgan fingerprint density at radius 2 is 1.72 bits per heavy atom. The van der Waals surface area contributed by atoms with E-state index in [0.717, 1.165) is 18.5 Å². The van der Waals surface area contributed by atoms with Gasteiger partial charge >= 0.3 is 6.09 Å². The minimum atomic E-state index is -0.842. The van der Waals surface area contributed by atoms with Gasteiger partial charge in [0.25, 0.3) is 0 Å². The van der Waals surface area contributed by atoms with Crippen LogP contribution in [0.3, 0.4) is 0 Å². The molecule has 0 aliphatic carbocycles. The quantitative estimate of drug-likeness (QED) is 0.689. The van der Waals surface area contributed by atoms with Gasteiger partial charge in [-0.1, -0.05) is 24.3 Å². The first-order chi connectivity index (χ1) is 13.7. The summed E-state index contributed by atoms with van der Waals surface area (Å²) in [5.41, 5.74) is 1.21. The molecule has 2 aromatic carbocycles. The molecular weight excluding hydrogens is 374 g/mol. The van der Waals surface area contributed by atoms with Gasteiger partial charge in [0, 0.05) is 31.4 Å². The van der Waals surface area contributed by atoms with Crippen LogP contribution in [-0.2, 0) is 11.3 Å². The van der Waals surface area contributed by atoms with Gasteiger partial charge < -0.3 is 14.5 Å². The van der Waals surface area contributed by atoms with Crippen LogP contribution in [0.4, 0.5) is 19.3 Å². The number of halogens is 2. The third-order valence-corrected chi connectivity index (χ3v) is 4.98. The molecule has 0 radical (unpaired) electrons. The van der Waals surface area contributed by atoms with Crippen molar-refractivity contribution in [2.24, 2.45) is 0 Å². The third kappa shape index (κ3) is 5.68. The Morgan fingerprint density at radius 3 is 2.31 bits per heavy atom. The summed E-state index contributed by atoms with van der Waals surface area (Å²) in [6.07, 6.45) is 1.26. The molecule has 1 heterocycles. The highest BCUT2D eigenvalue weighted by Gasteiger charge is 2.30. The number of hydrogen-bond acceptors (Lipinski definition) is 3. The van der Waals surface area contributed by atoms with Gasteiger partial charge in [0.1, 0.15) is 5.60 Å². The number of ether oxygens (including phenoxy) is 1. The predicted octanol–water partition coefficient (Wildman–Crippen LogP) is 5.37. The monoisotopic (exact) mass is 402 g/mol. The maximum Gasteiger partial charge on any atom is 0.410 e. The number of carbonyl (C=O) groups excluding carboxylic acids is 1. The van der Waals surface area contributed by atoms with E-state index < -0.39 is 17.2 Å². The lowest BCUT2D eigenvalue weighted by molar-refractivity contribution is 0.0204. The summed E-state index contributed by atoms with van der Waals surface area (Å²) >= 11 is 0. The van der Waals surface area contributed by atoms with E-state index in [2.05, 4.69) is 4.90 Å². The highest BCUT2D eigenvalue weighted by Crippen LogP contribution is 2.27. The summed E-state index contributed by atoms with van der Waals surface area (Å²) in [5, 5.41) is 0. The van der Waals surface area contributed by atoms with Crippen molar-refractivity contribution in [2.45, 2.75) is 51.8 Å². The number of nitrogens with zero attached hydrogens (tertiary/aromatic N) is 2. The average molecular weight is 402 g/mol. The zero-order valence-corrected chi connectivity index (χ0v) is 17.2. The molecule has 1 fully saturated rings. The van der Waals surface area contributed by atoms with Gasteiger partial charge in [0.15, 0.2) is 11.6 Å². The van der Waals surface area contributed by atoms with E-state index in [1.807, 2.05) is 51.1 Å². The molecule has 6 heteroatoms. The topological polar surface area (TPSA) is 32.8 Å². The third-order valence-electron chi connectivity index (χ3n) is 4.98. The summed E-state index contributed by atoms with van der Waals surface area (Å²) in [4.78, 5) is 16.3. The second-order valence-electron chi connectivity index (χ2n) is 8.41. The number of anilines is 1. The molecule has 156 valence electrons. The van der Waals surface area contributed by atoms with E-state index in [9.17, 15) is 13.6 Å². The van der Waals surface area contributed by atoms with Gasteiger partial charge in [-0.25, -0.2) is 13.6 Å². The van der Waals surface area contributed by atoms with Crippen molar-refractivity contribution < 1.29 is 18.3 Å². The Labute approximate surface area is 171 Å². The molecule has 29 heavy (non-hydrogen) atoms. The van der Waals surface area contributed by atoms with E-state index in [1.54, 1.807) is 11.0 Å². The molecule has 4 nitrogen and oxygen atoms in total. The molecule has 0 saturated carbocycles.